The fourth-order valence-electron chi connectivity index (χ4n) is 5.31. The van der Waals surface area contributed by atoms with Crippen molar-refractivity contribution in [2.24, 2.45) is 0 Å². The molecule has 1 aliphatic rings. The highest BCUT2D eigenvalue weighted by atomic mass is 35.5. The maximum Gasteiger partial charge on any atom is 0.407 e. The summed E-state index contributed by atoms with van der Waals surface area (Å²) in [5, 5.41) is 9.56. The third-order valence-electron chi connectivity index (χ3n) is 8.84. The van der Waals surface area contributed by atoms with Gasteiger partial charge in [-0.15, -0.1) is 0 Å². The molecule has 0 unspecified atom stereocenters. The van der Waals surface area contributed by atoms with Gasteiger partial charge in [-0.2, -0.15) is 4.98 Å². The summed E-state index contributed by atoms with van der Waals surface area (Å²) in [5.41, 5.74) is 1.77. The Bertz CT molecular complexity index is 1590. The number of piperazine rings is 1. The number of hydrogen-bond donors (Lipinski definition) is 1. The molecule has 4 heterocycles. The zero-order chi connectivity index (χ0) is 32.6. The lowest BCUT2D eigenvalue weighted by molar-refractivity contribution is 0.136. The molecule has 0 aromatic carbocycles. The van der Waals surface area contributed by atoms with Gasteiger partial charge in [0.2, 0.25) is 0 Å². The molecule has 44 heavy (non-hydrogen) atoms. The monoisotopic (exact) mass is 646 g/mol. The number of pyridine rings is 2. The molecule has 240 valence electrons. The zero-order valence-electron chi connectivity index (χ0n) is 26.9. The summed E-state index contributed by atoms with van der Waals surface area (Å²) in [6, 6.07) is 2.85. The average Bonchev–Trinajstić information content (AvgIpc) is 2.93. The second kappa shape index (κ2) is 13.1. The van der Waals surface area contributed by atoms with Crippen molar-refractivity contribution in [1.29, 1.82) is 0 Å². The lowest BCUT2D eigenvalue weighted by Crippen LogP contribution is -2.54. The van der Waals surface area contributed by atoms with Crippen LogP contribution >= 0.6 is 11.6 Å². The second-order valence-corrected chi connectivity index (χ2v) is 18.5. The normalized spacial score (nSPS) is 16.3. The minimum Gasteiger partial charge on any atom is -0.465 e. The molecule has 13 heteroatoms. The summed E-state index contributed by atoms with van der Waals surface area (Å²) in [4.78, 5) is 42.2. The van der Waals surface area contributed by atoms with E-state index >= 15 is 0 Å². The molecule has 3 aromatic heterocycles. The molecule has 0 bridgehead atoms. The Labute approximate surface area is 264 Å². The van der Waals surface area contributed by atoms with Crippen LogP contribution in [0.25, 0.3) is 16.7 Å². The van der Waals surface area contributed by atoms with Crippen LogP contribution in [0.3, 0.4) is 0 Å². The van der Waals surface area contributed by atoms with Crippen molar-refractivity contribution in [2.45, 2.75) is 90.9 Å². The molecule has 0 radical (unpaired) electrons. The van der Waals surface area contributed by atoms with E-state index in [2.05, 4.69) is 48.8 Å². The first kappa shape index (κ1) is 33.8. The number of halogens is 2. The number of fused-ring (bicyclic) bond motifs is 1. The van der Waals surface area contributed by atoms with Crippen molar-refractivity contribution in [3.8, 4) is 5.69 Å². The molecule has 10 nitrogen and oxygen atoms in total. The Morgan fingerprint density at radius 3 is 2.55 bits per heavy atom. The molecule has 4 rings (SSSR count). The molecule has 0 spiro atoms. The summed E-state index contributed by atoms with van der Waals surface area (Å²) in [5.74, 6) is -0.517. The van der Waals surface area contributed by atoms with E-state index in [0.717, 1.165) is 18.4 Å². The Kier molecular flexibility index (Phi) is 10.1. The third kappa shape index (κ3) is 6.92. The number of nitrogens with zero attached hydrogens (tertiary/aromatic N) is 6. The fourth-order valence-corrected chi connectivity index (χ4v) is 6.53. The standard InChI is InChI=1S/C31H44ClFN6O4Si/c1-19(2)24-25(21(12-13-34-24)11-9-10-16-43-44(7,8)31(4,5)6)39-28-22(17-23(33)26(32)35-28)27(36-29(39)40)38-15-14-37(30(41)42)18-20(38)3/h12-13,17,19-20H,9-11,14-16,18H2,1-8H3,(H,41,42)/t20-/m0/s1. The van der Waals surface area contributed by atoms with Crippen LogP contribution in [0, 0.1) is 5.82 Å². The molecule has 1 atom stereocenters. The lowest BCUT2D eigenvalue weighted by Gasteiger charge is -2.39. The van der Waals surface area contributed by atoms with Crippen molar-refractivity contribution in [2.75, 3.05) is 31.1 Å². The SMILES string of the molecule is CC(C)c1nccc(CCCCO[Si](C)(C)C(C)(C)C)c1-n1c(=O)nc(N2CCN(C(=O)O)C[C@@H]2C)c2cc(F)c(Cl)nc21. The Morgan fingerprint density at radius 1 is 1.23 bits per heavy atom. The smallest absolute Gasteiger partial charge is 0.407 e. The number of unbranched alkanes of at least 4 members (excludes halogenated alkanes) is 1. The molecule has 1 fully saturated rings. The van der Waals surface area contributed by atoms with Gasteiger partial charge in [0.1, 0.15) is 5.82 Å². The van der Waals surface area contributed by atoms with E-state index in [1.54, 1.807) is 6.20 Å². The van der Waals surface area contributed by atoms with Crippen molar-refractivity contribution in [3.63, 3.8) is 0 Å². The molecule has 1 amide bonds. The highest BCUT2D eigenvalue weighted by Crippen LogP contribution is 2.37. The minimum absolute atomic E-state index is 0.0338. The number of rotatable bonds is 9. The number of carbonyl (C=O) groups is 1. The van der Waals surface area contributed by atoms with Crippen molar-refractivity contribution >= 4 is 42.9 Å². The summed E-state index contributed by atoms with van der Waals surface area (Å²) >= 11 is 6.22. The van der Waals surface area contributed by atoms with E-state index in [1.807, 2.05) is 31.7 Å². The molecule has 1 saturated heterocycles. The highest BCUT2D eigenvalue weighted by molar-refractivity contribution is 6.74. The molecule has 3 aromatic rings. The van der Waals surface area contributed by atoms with Crippen molar-refractivity contribution in [1.82, 2.24) is 24.4 Å². The van der Waals surface area contributed by atoms with Crippen LogP contribution in [-0.4, -0.2) is 76.2 Å². The molecule has 0 saturated carbocycles. The second-order valence-electron chi connectivity index (χ2n) is 13.4. The van der Waals surface area contributed by atoms with Gasteiger partial charge in [-0.3, -0.25) is 4.98 Å². The van der Waals surface area contributed by atoms with E-state index in [4.69, 9.17) is 16.0 Å². The predicted octanol–water partition coefficient (Wildman–Crippen LogP) is 6.62. The molecule has 0 aliphatic carbocycles. The number of hydrogen-bond acceptors (Lipinski definition) is 7. The number of aromatic nitrogens is 4. The number of amides is 1. The van der Waals surface area contributed by atoms with E-state index in [-0.39, 0.29) is 53.3 Å². The summed E-state index contributed by atoms with van der Waals surface area (Å²) < 4.78 is 22.7. The summed E-state index contributed by atoms with van der Waals surface area (Å²) in [6.07, 6.45) is 3.08. The first-order valence-corrected chi connectivity index (χ1v) is 18.5. The lowest BCUT2D eigenvalue weighted by atomic mass is 10.0. The van der Waals surface area contributed by atoms with Gasteiger partial charge in [0.15, 0.2) is 24.9 Å². The Morgan fingerprint density at radius 2 is 1.93 bits per heavy atom. The Balaban J connectivity index is 1.78. The molecule has 1 N–H and O–H groups in total. The number of anilines is 1. The van der Waals surface area contributed by atoms with E-state index in [0.29, 0.717) is 29.8 Å². The topological polar surface area (TPSA) is 114 Å². The third-order valence-corrected chi connectivity index (χ3v) is 13.6. The van der Waals surface area contributed by atoms with Gasteiger partial charge < -0.3 is 19.3 Å². The van der Waals surface area contributed by atoms with Gasteiger partial charge in [0, 0.05) is 38.5 Å². The first-order chi connectivity index (χ1) is 20.5. The van der Waals surface area contributed by atoms with E-state index in [1.165, 1.54) is 15.5 Å². The van der Waals surface area contributed by atoms with Crippen molar-refractivity contribution < 1.29 is 18.7 Å². The van der Waals surface area contributed by atoms with Crippen LogP contribution in [0.4, 0.5) is 15.0 Å². The quantitative estimate of drug-likeness (QED) is 0.157. The van der Waals surface area contributed by atoms with Crippen LogP contribution in [0.2, 0.25) is 23.3 Å². The molecular weight excluding hydrogens is 603 g/mol. The maximum absolute atomic E-state index is 14.9. The van der Waals surface area contributed by atoms with Gasteiger partial charge in [-0.1, -0.05) is 46.2 Å². The van der Waals surface area contributed by atoms with Gasteiger partial charge in [0.25, 0.3) is 0 Å². The highest BCUT2D eigenvalue weighted by Gasteiger charge is 2.37. The first-order valence-electron chi connectivity index (χ1n) is 15.2. The predicted molar refractivity (Wildman–Crippen MR) is 174 cm³/mol. The van der Waals surface area contributed by atoms with Crippen molar-refractivity contribution in [3.05, 3.63) is 51.0 Å². The van der Waals surface area contributed by atoms with Crippen LogP contribution in [-0.2, 0) is 10.8 Å². The molecule has 1 aliphatic heterocycles. The fraction of sp³-hybridized carbons (Fsp3) is 0.581. The van der Waals surface area contributed by atoms with Crippen LogP contribution in [0.5, 0.6) is 0 Å². The maximum atomic E-state index is 14.9. The number of aryl methyl sites for hydroxylation is 1. The van der Waals surface area contributed by atoms with Gasteiger partial charge in [-0.05, 0) is 67.9 Å². The van der Waals surface area contributed by atoms with Crippen LogP contribution in [0.15, 0.2) is 23.1 Å². The molecular formula is C31H44ClFN6O4Si. The Hall–Kier alpha value is -3.09. The zero-order valence-corrected chi connectivity index (χ0v) is 28.7. The van der Waals surface area contributed by atoms with Gasteiger partial charge in [-0.25, -0.2) is 23.5 Å². The van der Waals surface area contributed by atoms with Crippen LogP contribution in [0.1, 0.15) is 71.6 Å². The largest absolute Gasteiger partial charge is 0.465 e. The van der Waals surface area contributed by atoms with E-state index in [9.17, 15) is 19.1 Å². The summed E-state index contributed by atoms with van der Waals surface area (Å²) in [7, 11) is -1.85. The summed E-state index contributed by atoms with van der Waals surface area (Å²) in [6.45, 7) is 18.4. The van der Waals surface area contributed by atoms with E-state index < -0.39 is 25.9 Å². The minimum atomic E-state index is -1.85. The van der Waals surface area contributed by atoms with Gasteiger partial charge >= 0.3 is 11.8 Å². The average molecular weight is 647 g/mol. The number of carboxylic acid groups (broad SMARTS) is 1. The van der Waals surface area contributed by atoms with Gasteiger partial charge in [0.05, 0.1) is 16.8 Å². The van der Waals surface area contributed by atoms with Crippen LogP contribution < -0.4 is 10.6 Å².